The summed E-state index contributed by atoms with van der Waals surface area (Å²) < 4.78 is 11.3. The molecule has 122 valence electrons. The van der Waals surface area contributed by atoms with Gasteiger partial charge in [0.2, 0.25) is 0 Å². The fourth-order valence-electron chi connectivity index (χ4n) is 2.89. The molecule has 0 radical (unpaired) electrons. The van der Waals surface area contributed by atoms with E-state index < -0.39 is 0 Å². The van der Waals surface area contributed by atoms with Gasteiger partial charge < -0.3 is 14.8 Å². The maximum Gasteiger partial charge on any atom is 0.255 e. The third-order valence-corrected chi connectivity index (χ3v) is 4.74. The van der Waals surface area contributed by atoms with Crippen LogP contribution in [0.3, 0.4) is 0 Å². The maximum atomic E-state index is 12.5. The first kappa shape index (κ1) is 17.1. The molecule has 1 aromatic carbocycles. The van der Waals surface area contributed by atoms with E-state index in [1.807, 2.05) is 0 Å². The van der Waals surface area contributed by atoms with Crippen molar-refractivity contribution in [2.24, 2.45) is 0 Å². The summed E-state index contributed by atoms with van der Waals surface area (Å²) in [5.74, 6) is 1.03. The van der Waals surface area contributed by atoms with E-state index in [-0.39, 0.29) is 5.91 Å². The van der Waals surface area contributed by atoms with Gasteiger partial charge in [0.25, 0.3) is 5.91 Å². The summed E-state index contributed by atoms with van der Waals surface area (Å²) in [4.78, 5) is 14.9. The largest absolute Gasteiger partial charge is 0.496 e. The number of amides is 1. The zero-order chi connectivity index (χ0) is 16.1. The lowest BCUT2D eigenvalue weighted by atomic mass is 10.1. The van der Waals surface area contributed by atoms with Gasteiger partial charge in [0.05, 0.1) is 24.3 Å². The molecule has 1 unspecified atom stereocenters. The van der Waals surface area contributed by atoms with Crippen molar-refractivity contribution in [2.45, 2.75) is 25.8 Å². The Morgan fingerprint density at radius 3 is 2.73 bits per heavy atom. The van der Waals surface area contributed by atoms with Crippen molar-refractivity contribution in [1.82, 2.24) is 10.2 Å². The van der Waals surface area contributed by atoms with Gasteiger partial charge in [-0.2, -0.15) is 0 Å². The highest BCUT2D eigenvalue weighted by atomic mass is 79.9. The molecule has 2 rings (SSSR count). The van der Waals surface area contributed by atoms with Gasteiger partial charge in [-0.05, 0) is 47.9 Å². The van der Waals surface area contributed by atoms with Crippen LogP contribution in [0, 0.1) is 0 Å². The number of hydrogen-bond donors (Lipinski definition) is 1. The van der Waals surface area contributed by atoms with E-state index in [0.29, 0.717) is 29.6 Å². The van der Waals surface area contributed by atoms with Crippen molar-refractivity contribution >= 4 is 21.8 Å². The molecule has 5 nitrogen and oxygen atoms in total. The van der Waals surface area contributed by atoms with Gasteiger partial charge in [0.1, 0.15) is 11.5 Å². The molecule has 6 heteroatoms. The normalized spacial score (nSPS) is 18.3. The molecule has 22 heavy (non-hydrogen) atoms. The zero-order valence-electron chi connectivity index (χ0n) is 13.3. The molecular formula is C16H23BrN2O3. The Bertz CT molecular complexity index is 536. The molecule has 1 saturated heterocycles. The van der Waals surface area contributed by atoms with Crippen LogP contribution in [0.2, 0.25) is 0 Å². The molecular weight excluding hydrogens is 348 g/mol. The number of methoxy groups -OCH3 is 2. The van der Waals surface area contributed by atoms with Crippen LogP contribution in [0.1, 0.15) is 30.1 Å². The molecule has 1 aliphatic heterocycles. The van der Waals surface area contributed by atoms with E-state index in [4.69, 9.17) is 9.47 Å². The maximum absolute atomic E-state index is 12.5. The van der Waals surface area contributed by atoms with E-state index in [0.717, 1.165) is 24.0 Å². The number of hydrogen-bond acceptors (Lipinski definition) is 4. The summed E-state index contributed by atoms with van der Waals surface area (Å²) in [6, 6.07) is 3.88. The average molecular weight is 371 g/mol. The SMILES string of the molecule is CCN1CCCC1CNC(=O)c1cc(Br)c(OC)cc1OC. The molecule has 0 bridgehead atoms. The number of likely N-dealkylation sites (N-methyl/N-ethyl adjacent to an activating group) is 1. The fourth-order valence-corrected chi connectivity index (χ4v) is 3.39. The van der Waals surface area contributed by atoms with Gasteiger partial charge in [-0.25, -0.2) is 0 Å². The molecule has 1 N–H and O–H groups in total. The lowest BCUT2D eigenvalue weighted by Crippen LogP contribution is -2.40. The molecule has 0 aromatic heterocycles. The standard InChI is InChI=1S/C16H23BrN2O3/c1-4-19-7-5-6-11(19)10-18-16(20)12-8-13(17)15(22-3)9-14(12)21-2/h8-9,11H,4-7,10H2,1-3H3,(H,18,20). The minimum Gasteiger partial charge on any atom is -0.496 e. The minimum atomic E-state index is -0.122. The number of likely N-dealkylation sites (tertiary alicyclic amines) is 1. The molecule has 1 aromatic rings. The fraction of sp³-hybridized carbons (Fsp3) is 0.562. The van der Waals surface area contributed by atoms with Gasteiger partial charge in [-0.15, -0.1) is 0 Å². The quantitative estimate of drug-likeness (QED) is 0.836. The molecule has 1 aliphatic rings. The van der Waals surface area contributed by atoms with E-state index in [1.165, 1.54) is 6.42 Å². The molecule has 1 heterocycles. The van der Waals surface area contributed by atoms with Crippen LogP contribution in [0.15, 0.2) is 16.6 Å². The lowest BCUT2D eigenvalue weighted by Gasteiger charge is -2.23. The number of benzene rings is 1. The Morgan fingerprint density at radius 1 is 1.36 bits per heavy atom. The summed E-state index contributed by atoms with van der Waals surface area (Å²) in [5.41, 5.74) is 0.510. The van der Waals surface area contributed by atoms with Crippen molar-refractivity contribution in [3.63, 3.8) is 0 Å². The second kappa shape index (κ2) is 7.83. The number of nitrogens with one attached hydrogen (secondary N) is 1. The first-order chi connectivity index (χ1) is 10.6. The first-order valence-corrected chi connectivity index (χ1v) is 8.33. The van der Waals surface area contributed by atoms with Crippen molar-refractivity contribution in [1.29, 1.82) is 0 Å². The van der Waals surface area contributed by atoms with Crippen LogP contribution in [0.4, 0.5) is 0 Å². The Kier molecular flexibility index (Phi) is 6.08. The number of ether oxygens (including phenoxy) is 2. The Morgan fingerprint density at radius 2 is 2.09 bits per heavy atom. The van der Waals surface area contributed by atoms with Crippen molar-refractivity contribution < 1.29 is 14.3 Å². The molecule has 0 spiro atoms. The van der Waals surface area contributed by atoms with Gasteiger partial charge in [-0.1, -0.05) is 6.92 Å². The van der Waals surface area contributed by atoms with Crippen LogP contribution >= 0.6 is 15.9 Å². The van der Waals surface area contributed by atoms with Crippen molar-refractivity contribution in [2.75, 3.05) is 33.9 Å². The zero-order valence-corrected chi connectivity index (χ0v) is 14.9. The molecule has 1 atom stereocenters. The number of carbonyl (C=O) groups is 1. The van der Waals surface area contributed by atoms with Gasteiger partial charge >= 0.3 is 0 Å². The van der Waals surface area contributed by atoms with E-state index >= 15 is 0 Å². The third kappa shape index (κ3) is 3.73. The summed E-state index contributed by atoms with van der Waals surface area (Å²) in [7, 11) is 3.13. The first-order valence-electron chi connectivity index (χ1n) is 7.54. The number of carbonyl (C=O) groups excluding carboxylic acids is 1. The van der Waals surface area contributed by atoms with Gasteiger partial charge in [-0.3, -0.25) is 9.69 Å². The predicted molar refractivity (Wildman–Crippen MR) is 89.8 cm³/mol. The number of nitrogens with zero attached hydrogens (tertiary/aromatic N) is 1. The van der Waals surface area contributed by atoms with Gasteiger partial charge in [0, 0.05) is 18.7 Å². The second-order valence-corrected chi connectivity index (χ2v) is 6.18. The van der Waals surface area contributed by atoms with Crippen molar-refractivity contribution in [3.8, 4) is 11.5 Å². The Labute approximate surface area is 140 Å². The predicted octanol–water partition coefficient (Wildman–Crippen LogP) is 2.68. The second-order valence-electron chi connectivity index (χ2n) is 5.32. The van der Waals surface area contributed by atoms with Crippen LogP contribution in [0.25, 0.3) is 0 Å². The topological polar surface area (TPSA) is 50.8 Å². The number of halogens is 1. The average Bonchev–Trinajstić information content (AvgIpc) is 2.99. The van der Waals surface area contributed by atoms with E-state index in [2.05, 4.69) is 33.1 Å². The highest BCUT2D eigenvalue weighted by Gasteiger charge is 2.24. The van der Waals surface area contributed by atoms with Crippen LogP contribution in [-0.2, 0) is 0 Å². The lowest BCUT2D eigenvalue weighted by molar-refractivity contribution is 0.0938. The Hall–Kier alpha value is -1.27. The minimum absolute atomic E-state index is 0.122. The number of rotatable bonds is 6. The van der Waals surface area contributed by atoms with Crippen molar-refractivity contribution in [3.05, 3.63) is 22.2 Å². The monoisotopic (exact) mass is 370 g/mol. The Balaban J connectivity index is 2.07. The molecule has 1 amide bonds. The highest BCUT2D eigenvalue weighted by molar-refractivity contribution is 9.10. The molecule has 0 aliphatic carbocycles. The summed E-state index contributed by atoms with van der Waals surface area (Å²) in [6.07, 6.45) is 2.34. The molecule has 1 fully saturated rings. The van der Waals surface area contributed by atoms with E-state index in [1.54, 1.807) is 26.4 Å². The highest BCUT2D eigenvalue weighted by Crippen LogP contribution is 2.32. The van der Waals surface area contributed by atoms with Gasteiger partial charge in [0.15, 0.2) is 0 Å². The third-order valence-electron chi connectivity index (χ3n) is 4.12. The van der Waals surface area contributed by atoms with Crippen LogP contribution in [0.5, 0.6) is 11.5 Å². The smallest absolute Gasteiger partial charge is 0.255 e. The van der Waals surface area contributed by atoms with Crippen LogP contribution < -0.4 is 14.8 Å². The summed E-state index contributed by atoms with van der Waals surface area (Å²) in [5, 5.41) is 3.02. The summed E-state index contributed by atoms with van der Waals surface area (Å²) >= 11 is 3.41. The molecule has 0 saturated carbocycles. The van der Waals surface area contributed by atoms with Crippen LogP contribution in [-0.4, -0.2) is 50.7 Å². The van der Waals surface area contributed by atoms with E-state index in [9.17, 15) is 4.79 Å². The summed E-state index contributed by atoms with van der Waals surface area (Å²) in [6.45, 7) is 4.97.